The molecule has 1 nitrogen and oxygen atoms in total. The lowest BCUT2D eigenvalue weighted by Gasteiger charge is -2.15. The zero-order valence-electron chi connectivity index (χ0n) is 9.84. The summed E-state index contributed by atoms with van der Waals surface area (Å²) in [5.74, 6) is -0.258. The van der Waals surface area contributed by atoms with Gasteiger partial charge in [-0.1, -0.05) is 49.5 Å². The van der Waals surface area contributed by atoms with Crippen molar-refractivity contribution >= 4 is 43.5 Å². The predicted molar refractivity (Wildman–Crippen MR) is 83.9 cm³/mol. The van der Waals surface area contributed by atoms with E-state index in [1.165, 1.54) is 6.07 Å². The van der Waals surface area contributed by atoms with Crippen LogP contribution in [0, 0.1) is 5.82 Å². The molecule has 0 heterocycles. The van der Waals surface area contributed by atoms with Crippen molar-refractivity contribution in [2.24, 2.45) is 5.73 Å². The van der Waals surface area contributed by atoms with Crippen molar-refractivity contribution in [2.75, 3.05) is 0 Å². The lowest BCUT2D eigenvalue weighted by atomic mass is 9.99. The van der Waals surface area contributed by atoms with Crippen molar-refractivity contribution in [1.29, 1.82) is 0 Å². The summed E-state index contributed by atoms with van der Waals surface area (Å²) in [6, 6.07) is 10.00. The summed E-state index contributed by atoms with van der Waals surface area (Å²) in [5.41, 5.74) is 7.49. The van der Waals surface area contributed by atoms with Crippen molar-refractivity contribution < 1.29 is 4.39 Å². The van der Waals surface area contributed by atoms with Crippen molar-refractivity contribution in [1.82, 2.24) is 0 Å². The summed E-state index contributed by atoms with van der Waals surface area (Å²) in [6.45, 7) is 0. The Kier molecular flexibility index (Phi) is 5.01. The molecular weight excluding hydrogens is 396 g/mol. The van der Waals surface area contributed by atoms with Crippen LogP contribution in [0.3, 0.4) is 0 Å². The lowest BCUT2D eigenvalue weighted by Crippen LogP contribution is -2.14. The van der Waals surface area contributed by atoms with Crippen LogP contribution < -0.4 is 5.73 Å². The third-order valence-corrected chi connectivity index (χ3v) is 4.12. The summed E-state index contributed by atoms with van der Waals surface area (Å²) < 4.78 is 15.4. The molecule has 2 aromatic carbocycles. The van der Waals surface area contributed by atoms with Crippen LogP contribution in [0.25, 0.3) is 0 Å². The summed E-state index contributed by atoms with van der Waals surface area (Å²) in [6.07, 6.45) is 0.395. The van der Waals surface area contributed by atoms with Gasteiger partial charge in [0.1, 0.15) is 5.82 Å². The van der Waals surface area contributed by atoms with E-state index in [9.17, 15) is 4.39 Å². The number of hydrogen-bond acceptors (Lipinski definition) is 1. The predicted octanol–water partition coefficient (Wildman–Crippen LogP) is 5.25. The Morgan fingerprint density at radius 2 is 1.74 bits per heavy atom. The number of benzene rings is 2. The monoisotopic (exact) mass is 405 g/mol. The summed E-state index contributed by atoms with van der Waals surface area (Å²) >= 11 is 12.8. The van der Waals surface area contributed by atoms with Gasteiger partial charge in [0.2, 0.25) is 0 Å². The van der Waals surface area contributed by atoms with E-state index < -0.39 is 0 Å². The van der Waals surface area contributed by atoms with Gasteiger partial charge in [0.15, 0.2) is 0 Å². The summed E-state index contributed by atoms with van der Waals surface area (Å²) in [4.78, 5) is 0. The van der Waals surface area contributed by atoms with Crippen LogP contribution in [0.1, 0.15) is 17.2 Å². The van der Waals surface area contributed by atoms with Crippen LogP contribution in [-0.2, 0) is 6.42 Å². The first-order valence-corrected chi connectivity index (χ1v) is 7.58. The second-order valence-corrected chi connectivity index (χ2v) is 6.45. The van der Waals surface area contributed by atoms with Gasteiger partial charge in [-0.2, -0.15) is 0 Å². The quantitative estimate of drug-likeness (QED) is 0.739. The molecule has 0 aliphatic carbocycles. The lowest BCUT2D eigenvalue weighted by molar-refractivity contribution is 0.593. The standard InChI is InChI=1S/C14H11Br2ClFN/c15-9-2-4-13(18)8(5-9)6-14(19)11-3-1-10(16)7-12(11)17/h1-5,7,14H,6,19H2. The molecule has 0 fully saturated rings. The molecule has 0 spiro atoms. The second kappa shape index (κ2) is 6.35. The van der Waals surface area contributed by atoms with Gasteiger partial charge in [-0.05, 0) is 47.9 Å². The maximum Gasteiger partial charge on any atom is 0.126 e. The van der Waals surface area contributed by atoms with Crippen LogP contribution in [-0.4, -0.2) is 0 Å². The molecule has 0 amide bonds. The van der Waals surface area contributed by atoms with Crippen molar-refractivity contribution in [3.05, 3.63) is 67.3 Å². The maximum absolute atomic E-state index is 13.7. The van der Waals surface area contributed by atoms with Gasteiger partial charge in [0.25, 0.3) is 0 Å². The van der Waals surface area contributed by atoms with Crippen LogP contribution in [0.2, 0.25) is 5.02 Å². The molecule has 19 heavy (non-hydrogen) atoms. The normalized spacial score (nSPS) is 12.5. The highest BCUT2D eigenvalue weighted by Crippen LogP contribution is 2.28. The molecule has 1 atom stereocenters. The number of hydrogen-bond donors (Lipinski definition) is 1. The maximum atomic E-state index is 13.7. The first-order chi connectivity index (χ1) is 8.97. The van der Waals surface area contributed by atoms with Crippen LogP contribution in [0.4, 0.5) is 4.39 Å². The number of halogens is 4. The smallest absolute Gasteiger partial charge is 0.126 e. The molecule has 0 saturated carbocycles. The van der Waals surface area contributed by atoms with Gasteiger partial charge in [-0.25, -0.2) is 4.39 Å². The van der Waals surface area contributed by atoms with Gasteiger partial charge in [-0.3, -0.25) is 0 Å². The summed E-state index contributed by atoms with van der Waals surface area (Å²) in [7, 11) is 0. The Hall–Kier alpha value is -0.420. The Morgan fingerprint density at radius 3 is 2.42 bits per heavy atom. The van der Waals surface area contributed by atoms with Crippen molar-refractivity contribution in [2.45, 2.75) is 12.5 Å². The Bertz CT molecular complexity index is 604. The molecule has 1 unspecified atom stereocenters. The fourth-order valence-electron chi connectivity index (χ4n) is 1.85. The minimum absolute atomic E-state index is 0.258. The minimum atomic E-state index is -0.343. The first-order valence-electron chi connectivity index (χ1n) is 5.62. The SMILES string of the molecule is NC(Cc1cc(Br)ccc1F)c1ccc(Br)cc1Cl. The highest BCUT2D eigenvalue weighted by atomic mass is 79.9. The molecule has 0 radical (unpaired) electrons. The van der Waals surface area contributed by atoms with Gasteiger partial charge < -0.3 is 5.73 Å². The van der Waals surface area contributed by atoms with Gasteiger partial charge in [0, 0.05) is 20.0 Å². The van der Waals surface area contributed by atoms with E-state index in [0.29, 0.717) is 17.0 Å². The molecule has 2 rings (SSSR count). The summed E-state index contributed by atoms with van der Waals surface area (Å²) in [5, 5.41) is 0.581. The molecule has 100 valence electrons. The molecule has 0 aliphatic rings. The first kappa shape index (κ1) is 15.0. The third-order valence-electron chi connectivity index (χ3n) is 2.81. The van der Waals surface area contributed by atoms with E-state index in [2.05, 4.69) is 31.9 Å². The fraction of sp³-hybridized carbons (Fsp3) is 0.143. The van der Waals surface area contributed by atoms with Crippen LogP contribution in [0.15, 0.2) is 45.3 Å². The average Bonchev–Trinajstić information content (AvgIpc) is 2.33. The Labute approximate surface area is 133 Å². The van der Waals surface area contributed by atoms with Gasteiger partial charge >= 0.3 is 0 Å². The molecule has 0 bridgehead atoms. The largest absolute Gasteiger partial charge is 0.324 e. The molecule has 0 aromatic heterocycles. The zero-order valence-corrected chi connectivity index (χ0v) is 13.8. The Balaban J connectivity index is 2.25. The molecule has 0 aliphatic heterocycles. The van der Waals surface area contributed by atoms with Gasteiger partial charge in [-0.15, -0.1) is 0 Å². The van der Waals surface area contributed by atoms with Crippen LogP contribution >= 0.6 is 43.5 Å². The average molecular weight is 408 g/mol. The van der Waals surface area contributed by atoms with Crippen molar-refractivity contribution in [3.63, 3.8) is 0 Å². The molecular formula is C14H11Br2ClFN. The molecule has 2 N–H and O–H groups in total. The highest BCUT2D eigenvalue weighted by Gasteiger charge is 2.14. The van der Waals surface area contributed by atoms with Crippen molar-refractivity contribution in [3.8, 4) is 0 Å². The number of nitrogens with two attached hydrogens (primary N) is 1. The topological polar surface area (TPSA) is 26.0 Å². The molecule has 5 heteroatoms. The minimum Gasteiger partial charge on any atom is -0.324 e. The van der Waals surface area contributed by atoms with E-state index in [1.54, 1.807) is 18.2 Å². The third kappa shape index (κ3) is 3.78. The van der Waals surface area contributed by atoms with E-state index in [-0.39, 0.29) is 11.9 Å². The Morgan fingerprint density at radius 1 is 1.11 bits per heavy atom. The van der Waals surface area contributed by atoms with E-state index in [4.69, 9.17) is 17.3 Å². The van der Waals surface area contributed by atoms with E-state index >= 15 is 0 Å². The zero-order chi connectivity index (χ0) is 14.0. The van der Waals surface area contributed by atoms with Gasteiger partial charge in [0.05, 0.1) is 0 Å². The van der Waals surface area contributed by atoms with Crippen LogP contribution in [0.5, 0.6) is 0 Å². The van der Waals surface area contributed by atoms with E-state index in [0.717, 1.165) is 14.5 Å². The molecule has 0 saturated heterocycles. The highest BCUT2D eigenvalue weighted by molar-refractivity contribution is 9.10. The van der Waals surface area contributed by atoms with E-state index in [1.807, 2.05) is 12.1 Å². The second-order valence-electron chi connectivity index (χ2n) is 4.21. The fourth-order valence-corrected chi connectivity index (χ4v) is 3.07. The molecule has 2 aromatic rings. The number of rotatable bonds is 3.